The van der Waals surface area contributed by atoms with E-state index in [-0.39, 0.29) is 0 Å². The smallest absolute Gasteiger partial charge is 0.0378 e. The van der Waals surface area contributed by atoms with Crippen molar-refractivity contribution in [2.24, 2.45) is 5.92 Å². The van der Waals surface area contributed by atoms with Crippen LogP contribution in [0.15, 0.2) is 36.4 Å². The van der Waals surface area contributed by atoms with Crippen molar-refractivity contribution in [1.29, 1.82) is 0 Å². The summed E-state index contributed by atoms with van der Waals surface area (Å²) < 4.78 is 0. The van der Waals surface area contributed by atoms with Gasteiger partial charge in [-0.3, -0.25) is 0 Å². The van der Waals surface area contributed by atoms with Gasteiger partial charge in [-0.2, -0.15) is 0 Å². The quantitative estimate of drug-likeness (QED) is 0.592. The Morgan fingerprint density at radius 2 is 2.15 bits per heavy atom. The molecule has 0 fully saturated rings. The van der Waals surface area contributed by atoms with Crippen LogP contribution in [0.2, 0.25) is 0 Å². The van der Waals surface area contributed by atoms with Crippen LogP contribution in [0.1, 0.15) is 17.9 Å². The highest BCUT2D eigenvalue weighted by atomic mass is 14.9. The van der Waals surface area contributed by atoms with E-state index >= 15 is 0 Å². The van der Waals surface area contributed by atoms with Crippen LogP contribution in [-0.2, 0) is 0 Å². The van der Waals surface area contributed by atoms with Crippen LogP contribution >= 0.6 is 0 Å². The Balaban J connectivity index is 2.10. The first-order chi connectivity index (χ1) is 6.45. The molecule has 1 heteroatoms. The van der Waals surface area contributed by atoms with Crippen molar-refractivity contribution < 1.29 is 0 Å². The molecule has 1 aliphatic heterocycles. The second-order valence-corrected chi connectivity index (χ2v) is 3.92. The van der Waals surface area contributed by atoms with Crippen molar-refractivity contribution in [2.75, 3.05) is 11.9 Å². The van der Waals surface area contributed by atoms with Gasteiger partial charge in [0.05, 0.1) is 0 Å². The predicted octanol–water partition coefficient (Wildman–Crippen LogP) is 2.77. The van der Waals surface area contributed by atoms with Crippen LogP contribution in [-0.4, -0.2) is 6.54 Å². The van der Waals surface area contributed by atoms with E-state index in [2.05, 4.69) is 41.7 Å². The summed E-state index contributed by atoms with van der Waals surface area (Å²) in [4.78, 5) is 0. The Hall–Kier alpha value is -1.24. The third kappa shape index (κ3) is 0.998. The monoisotopic (exact) mass is 171 g/mol. The van der Waals surface area contributed by atoms with Gasteiger partial charge in [-0.15, -0.1) is 0 Å². The Morgan fingerprint density at radius 1 is 1.23 bits per heavy atom. The number of para-hydroxylation sites is 1. The minimum absolute atomic E-state index is 0.678. The molecular formula is C12H13N. The summed E-state index contributed by atoms with van der Waals surface area (Å²) in [6, 6.07) is 8.66. The molecule has 0 saturated carbocycles. The lowest BCUT2D eigenvalue weighted by Crippen LogP contribution is -2.23. The van der Waals surface area contributed by atoms with Crippen molar-refractivity contribution in [2.45, 2.75) is 12.3 Å². The molecule has 0 bridgehead atoms. The van der Waals surface area contributed by atoms with Crippen LogP contribution in [0, 0.1) is 5.92 Å². The van der Waals surface area contributed by atoms with Crippen molar-refractivity contribution in [3.63, 3.8) is 0 Å². The summed E-state index contributed by atoms with van der Waals surface area (Å²) in [6.45, 7) is 1.13. The topological polar surface area (TPSA) is 12.0 Å². The highest BCUT2D eigenvalue weighted by Crippen LogP contribution is 2.41. The van der Waals surface area contributed by atoms with E-state index in [0.29, 0.717) is 5.92 Å². The fourth-order valence-corrected chi connectivity index (χ4v) is 2.46. The third-order valence-corrected chi connectivity index (χ3v) is 3.16. The van der Waals surface area contributed by atoms with Crippen LogP contribution in [0.25, 0.3) is 0 Å². The number of hydrogen-bond donors (Lipinski definition) is 1. The summed E-state index contributed by atoms with van der Waals surface area (Å²) >= 11 is 0. The maximum Gasteiger partial charge on any atom is 0.0378 e. The standard InChI is InChI=1S/C12H13N/c1-2-7-12-11(5-1)10-6-3-4-9(10)8-13-12/h1-3,5-7,9-10,13H,4,8H2/t9-,10-/m0/s1. The van der Waals surface area contributed by atoms with Crippen LogP contribution < -0.4 is 5.32 Å². The van der Waals surface area contributed by atoms with Gasteiger partial charge in [-0.25, -0.2) is 0 Å². The first-order valence-corrected chi connectivity index (χ1v) is 4.94. The zero-order valence-corrected chi connectivity index (χ0v) is 7.53. The summed E-state index contributed by atoms with van der Waals surface area (Å²) in [7, 11) is 0. The van der Waals surface area contributed by atoms with E-state index in [4.69, 9.17) is 0 Å². The molecule has 3 rings (SSSR count). The summed E-state index contributed by atoms with van der Waals surface area (Å²) in [5.74, 6) is 1.48. The maximum atomic E-state index is 3.49. The molecule has 0 saturated heterocycles. The van der Waals surface area contributed by atoms with Crippen molar-refractivity contribution >= 4 is 5.69 Å². The van der Waals surface area contributed by atoms with Gasteiger partial charge in [0.25, 0.3) is 0 Å². The van der Waals surface area contributed by atoms with Gasteiger partial charge in [0.2, 0.25) is 0 Å². The van der Waals surface area contributed by atoms with Crippen LogP contribution in [0.3, 0.4) is 0 Å². The first kappa shape index (κ1) is 7.19. The molecule has 1 aliphatic carbocycles. The average molecular weight is 171 g/mol. The molecular weight excluding hydrogens is 158 g/mol. The molecule has 0 unspecified atom stereocenters. The summed E-state index contributed by atoms with van der Waals surface area (Å²) in [5, 5.41) is 3.49. The van der Waals surface area contributed by atoms with Gasteiger partial charge >= 0.3 is 0 Å². The Bertz CT molecular complexity index is 354. The Morgan fingerprint density at radius 3 is 3.15 bits per heavy atom. The molecule has 1 heterocycles. The highest BCUT2D eigenvalue weighted by Gasteiger charge is 2.29. The van der Waals surface area contributed by atoms with E-state index in [9.17, 15) is 0 Å². The van der Waals surface area contributed by atoms with Crippen molar-refractivity contribution in [3.05, 3.63) is 42.0 Å². The molecule has 66 valence electrons. The normalized spacial score (nSPS) is 29.2. The second-order valence-electron chi connectivity index (χ2n) is 3.92. The molecule has 0 amide bonds. The molecule has 0 radical (unpaired) electrons. The lowest BCUT2D eigenvalue weighted by Gasteiger charge is -2.29. The number of nitrogens with one attached hydrogen (secondary N) is 1. The molecule has 1 N–H and O–H groups in total. The Labute approximate surface area is 78.5 Å². The zero-order valence-electron chi connectivity index (χ0n) is 7.53. The van der Waals surface area contributed by atoms with Crippen LogP contribution in [0.4, 0.5) is 5.69 Å². The van der Waals surface area contributed by atoms with E-state index in [1.807, 2.05) is 0 Å². The molecule has 1 nitrogen and oxygen atoms in total. The molecule has 2 aliphatic rings. The van der Waals surface area contributed by atoms with E-state index < -0.39 is 0 Å². The van der Waals surface area contributed by atoms with Crippen molar-refractivity contribution in [3.8, 4) is 0 Å². The fourth-order valence-electron chi connectivity index (χ4n) is 2.46. The minimum Gasteiger partial charge on any atom is -0.384 e. The summed E-state index contributed by atoms with van der Waals surface area (Å²) in [6.07, 6.45) is 5.93. The number of anilines is 1. The molecule has 0 aromatic heterocycles. The molecule has 0 spiro atoms. The van der Waals surface area contributed by atoms with Gasteiger partial charge in [-0.05, 0) is 24.0 Å². The first-order valence-electron chi connectivity index (χ1n) is 4.94. The average Bonchev–Trinajstić information content (AvgIpc) is 2.65. The van der Waals surface area contributed by atoms with Gasteiger partial charge < -0.3 is 5.32 Å². The molecule has 1 aromatic rings. The lowest BCUT2D eigenvalue weighted by atomic mass is 9.85. The zero-order chi connectivity index (χ0) is 8.67. The second kappa shape index (κ2) is 2.63. The van der Waals surface area contributed by atoms with Gasteiger partial charge in [0.1, 0.15) is 0 Å². The van der Waals surface area contributed by atoms with Gasteiger partial charge in [0.15, 0.2) is 0 Å². The van der Waals surface area contributed by atoms with Gasteiger partial charge in [-0.1, -0.05) is 30.4 Å². The van der Waals surface area contributed by atoms with E-state index in [1.165, 1.54) is 17.7 Å². The van der Waals surface area contributed by atoms with E-state index in [1.54, 1.807) is 0 Å². The lowest BCUT2D eigenvalue weighted by molar-refractivity contribution is 0.523. The summed E-state index contributed by atoms with van der Waals surface area (Å²) in [5.41, 5.74) is 2.81. The highest BCUT2D eigenvalue weighted by molar-refractivity contribution is 5.57. The molecule has 1 aromatic carbocycles. The number of benzene rings is 1. The van der Waals surface area contributed by atoms with Crippen molar-refractivity contribution in [1.82, 2.24) is 0 Å². The third-order valence-electron chi connectivity index (χ3n) is 3.16. The Kier molecular flexibility index (Phi) is 1.45. The molecule has 13 heavy (non-hydrogen) atoms. The predicted molar refractivity (Wildman–Crippen MR) is 54.9 cm³/mol. The fraction of sp³-hybridized carbons (Fsp3) is 0.333. The minimum atomic E-state index is 0.678. The van der Waals surface area contributed by atoms with E-state index in [0.717, 1.165) is 12.5 Å². The van der Waals surface area contributed by atoms with Gasteiger partial charge in [0, 0.05) is 18.2 Å². The molecule has 2 atom stereocenters. The van der Waals surface area contributed by atoms with Crippen LogP contribution in [0.5, 0.6) is 0 Å². The number of allylic oxidation sites excluding steroid dienone is 2. The number of hydrogen-bond acceptors (Lipinski definition) is 1. The SMILES string of the molecule is C1=C[C@@H]2c3ccccc3NC[C@@H]2C1. The number of fused-ring (bicyclic) bond motifs is 3. The largest absolute Gasteiger partial charge is 0.384 e. The number of rotatable bonds is 0. The maximum absolute atomic E-state index is 3.49.